The number of sulfonamides is 1. The van der Waals surface area contributed by atoms with Crippen molar-refractivity contribution in [2.24, 2.45) is 5.73 Å². The van der Waals surface area contributed by atoms with Crippen LogP contribution in [0, 0.1) is 0 Å². The summed E-state index contributed by atoms with van der Waals surface area (Å²) in [6.45, 7) is 2.15. The Hall–Kier alpha value is -0.620. The van der Waals surface area contributed by atoms with Gasteiger partial charge in [0.25, 0.3) is 0 Å². The fourth-order valence-corrected chi connectivity index (χ4v) is 2.85. The van der Waals surface area contributed by atoms with E-state index >= 15 is 0 Å². The molecular formula is C10H15ClN2O2S. The van der Waals surface area contributed by atoms with Crippen molar-refractivity contribution in [1.29, 1.82) is 0 Å². The molecule has 3 N–H and O–H groups in total. The van der Waals surface area contributed by atoms with Crippen molar-refractivity contribution < 1.29 is 8.42 Å². The molecule has 1 rings (SSSR count). The molecule has 0 saturated heterocycles. The van der Waals surface area contributed by atoms with Crippen LogP contribution in [0.2, 0.25) is 5.02 Å². The molecule has 0 heterocycles. The molecule has 0 aromatic heterocycles. The summed E-state index contributed by atoms with van der Waals surface area (Å²) in [5.74, 6) is 0. The lowest BCUT2D eigenvalue weighted by Crippen LogP contribution is -2.39. The van der Waals surface area contributed by atoms with Gasteiger partial charge in [0, 0.05) is 17.6 Å². The van der Waals surface area contributed by atoms with Gasteiger partial charge in [-0.2, -0.15) is 0 Å². The lowest BCUT2D eigenvalue weighted by Gasteiger charge is -2.14. The van der Waals surface area contributed by atoms with Crippen molar-refractivity contribution >= 4 is 21.6 Å². The van der Waals surface area contributed by atoms with Crippen molar-refractivity contribution in [1.82, 2.24) is 4.72 Å². The average molecular weight is 263 g/mol. The minimum atomic E-state index is -3.52. The van der Waals surface area contributed by atoms with Crippen molar-refractivity contribution in [3.05, 3.63) is 29.3 Å². The lowest BCUT2D eigenvalue weighted by molar-refractivity contribution is 0.542. The highest BCUT2D eigenvalue weighted by Crippen LogP contribution is 2.15. The van der Waals surface area contributed by atoms with E-state index in [2.05, 4.69) is 4.72 Å². The monoisotopic (exact) mass is 262 g/mol. The van der Waals surface area contributed by atoms with Gasteiger partial charge in [0.1, 0.15) is 0 Å². The van der Waals surface area contributed by atoms with Gasteiger partial charge in [-0.3, -0.25) is 0 Å². The van der Waals surface area contributed by atoms with E-state index in [0.29, 0.717) is 11.4 Å². The Bertz CT molecular complexity index is 444. The molecule has 1 unspecified atom stereocenters. The van der Waals surface area contributed by atoms with Crippen LogP contribution in [-0.2, 0) is 10.0 Å². The van der Waals surface area contributed by atoms with Crippen LogP contribution in [0.1, 0.15) is 13.3 Å². The second kappa shape index (κ2) is 5.63. The van der Waals surface area contributed by atoms with E-state index in [1.807, 2.05) is 6.92 Å². The molecule has 0 fully saturated rings. The van der Waals surface area contributed by atoms with Crippen LogP contribution in [0.15, 0.2) is 29.2 Å². The van der Waals surface area contributed by atoms with Gasteiger partial charge in [-0.15, -0.1) is 0 Å². The number of hydrogen-bond acceptors (Lipinski definition) is 3. The molecule has 1 aromatic carbocycles. The Labute approximate surface area is 101 Å². The van der Waals surface area contributed by atoms with Crippen LogP contribution >= 0.6 is 11.6 Å². The molecule has 4 nitrogen and oxygen atoms in total. The summed E-state index contributed by atoms with van der Waals surface area (Å²) >= 11 is 5.74. The number of hydrogen-bond donors (Lipinski definition) is 2. The van der Waals surface area contributed by atoms with Crippen LogP contribution in [0.25, 0.3) is 0 Å². The maximum Gasteiger partial charge on any atom is 0.240 e. The average Bonchev–Trinajstić information content (AvgIpc) is 2.26. The molecule has 0 aliphatic carbocycles. The van der Waals surface area contributed by atoms with Gasteiger partial charge in [0.05, 0.1) is 4.90 Å². The Morgan fingerprint density at radius 2 is 2.19 bits per heavy atom. The van der Waals surface area contributed by atoms with Crippen LogP contribution in [0.4, 0.5) is 0 Å². The highest BCUT2D eigenvalue weighted by atomic mass is 35.5. The van der Waals surface area contributed by atoms with Gasteiger partial charge in [-0.05, 0) is 24.6 Å². The summed E-state index contributed by atoms with van der Waals surface area (Å²) in [4.78, 5) is 0.159. The summed E-state index contributed by atoms with van der Waals surface area (Å²) in [7, 11) is -3.52. The standard InChI is InChI=1S/C10H15ClN2O2S/c1-2-9(7-12)13-16(14,15)10-5-3-4-8(11)6-10/h3-6,9,13H,2,7,12H2,1H3. The molecule has 0 radical (unpaired) electrons. The van der Waals surface area contributed by atoms with E-state index in [4.69, 9.17) is 17.3 Å². The van der Waals surface area contributed by atoms with E-state index in [1.54, 1.807) is 12.1 Å². The Morgan fingerprint density at radius 1 is 1.50 bits per heavy atom. The summed E-state index contributed by atoms with van der Waals surface area (Å²) < 4.78 is 26.3. The molecule has 0 saturated carbocycles. The summed E-state index contributed by atoms with van der Waals surface area (Å²) in [5, 5.41) is 0.392. The first-order valence-electron chi connectivity index (χ1n) is 4.97. The molecule has 0 aliphatic heterocycles. The van der Waals surface area contributed by atoms with Gasteiger partial charge in [0.15, 0.2) is 0 Å². The van der Waals surface area contributed by atoms with E-state index in [1.165, 1.54) is 12.1 Å². The molecule has 16 heavy (non-hydrogen) atoms. The predicted octanol–water partition coefficient (Wildman–Crippen LogP) is 1.36. The first kappa shape index (κ1) is 13.4. The SMILES string of the molecule is CCC(CN)NS(=O)(=O)c1cccc(Cl)c1. The number of nitrogens with one attached hydrogen (secondary N) is 1. The molecule has 6 heteroatoms. The van der Waals surface area contributed by atoms with Crippen LogP contribution in [0.3, 0.4) is 0 Å². The van der Waals surface area contributed by atoms with Gasteiger partial charge in [-0.25, -0.2) is 13.1 Å². The number of halogens is 1. The Kier molecular flexibility index (Phi) is 4.73. The molecule has 1 aromatic rings. The van der Waals surface area contributed by atoms with Gasteiger partial charge in [0.2, 0.25) is 10.0 Å². The molecule has 0 aliphatic rings. The number of benzene rings is 1. The highest BCUT2D eigenvalue weighted by Gasteiger charge is 2.17. The first-order valence-corrected chi connectivity index (χ1v) is 6.83. The molecule has 90 valence electrons. The van der Waals surface area contributed by atoms with Crippen LogP contribution in [-0.4, -0.2) is 21.0 Å². The summed E-state index contributed by atoms with van der Waals surface area (Å²) in [6.07, 6.45) is 0.649. The largest absolute Gasteiger partial charge is 0.329 e. The van der Waals surface area contributed by atoms with E-state index < -0.39 is 10.0 Å². The summed E-state index contributed by atoms with van der Waals surface area (Å²) in [5.41, 5.74) is 5.45. The summed E-state index contributed by atoms with van der Waals surface area (Å²) in [6, 6.07) is 5.88. The number of nitrogens with two attached hydrogens (primary N) is 1. The predicted molar refractivity (Wildman–Crippen MR) is 64.9 cm³/mol. The minimum Gasteiger partial charge on any atom is -0.329 e. The quantitative estimate of drug-likeness (QED) is 0.842. The van der Waals surface area contributed by atoms with Crippen LogP contribution < -0.4 is 10.5 Å². The third-order valence-corrected chi connectivity index (χ3v) is 3.96. The molecule has 0 spiro atoms. The fraction of sp³-hybridized carbons (Fsp3) is 0.400. The van der Waals surface area contributed by atoms with E-state index in [-0.39, 0.29) is 17.5 Å². The zero-order chi connectivity index (χ0) is 12.2. The molecular weight excluding hydrogens is 248 g/mol. The fourth-order valence-electron chi connectivity index (χ4n) is 1.22. The van der Waals surface area contributed by atoms with Crippen molar-refractivity contribution in [2.45, 2.75) is 24.3 Å². The maximum absolute atomic E-state index is 11.9. The normalized spacial score (nSPS) is 13.7. The molecule has 1 atom stereocenters. The van der Waals surface area contributed by atoms with Crippen molar-refractivity contribution in [3.8, 4) is 0 Å². The van der Waals surface area contributed by atoms with Crippen molar-refractivity contribution in [2.75, 3.05) is 6.54 Å². The first-order chi connectivity index (χ1) is 7.49. The Balaban J connectivity index is 2.94. The Morgan fingerprint density at radius 3 is 2.69 bits per heavy atom. The number of rotatable bonds is 5. The smallest absolute Gasteiger partial charge is 0.240 e. The zero-order valence-electron chi connectivity index (χ0n) is 8.98. The molecule has 0 amide bonds. The van der Waals surface area contributed by atoms with Gasteiger partial charge >= 0.3 is 0 Å². The van der Waals surface area contributed by atoms with Crippen molar-refractivity contribution in [3.63, 3.8) is 0 Å². The zero-order valence-corrected chi connectivity index (χ0v) is 10.6. The minimum absolute atomic E-state index is 0.159. The lowest BCUT2D eigenvalue weighted by atomic mass is 10.2. The second-order valence-electron chi connectivity index (χ2n) is 3.42. The topological polar surface area (TPSA) is 72.2 Å². The van der Waals surface area contributed by atoms with Crippen LogP contribution in [0.5, 0.6) is 0 Å². The van der Waals surface area contributed by atoms with Gasteiger partial charge < -0.3 is 5.73 Å². The van der Waals surface area contributed by atoms with E-state index in [0.717, 1.165) is 0 Å². The third kappa shape index (κ3) is 3.45. The second-order valence-corrected chi connectivity index (χ2v) is 5.57. The maximum atomic E-state index is 11.9. The van der Waals surface area contributed by atoms with Gasteiger partial charge in [-0.1, -0.05) is 24.6 Å². The molecule has 0 bridgehead atoms. The van der Waals surface area contributed by atoms with E-state index in [9.17, 15) is 8.42 Å². The third-order valence-electron chi connectivity index (χ3n) is 2.21. The highest BCUT2D eigenvalue weighted by molar-refractivity contribution is 7.89.